The molecule has 5 nitrogen and oxygen atoms in total. The average Bonchev–Trinajstić information content (AvgIpc) is 2.41. The Kier molecular flexibility index (Phi) is 7.71. The largest absolute Gasteiger partial charge is 0.465 e. The van der Waals surface area contributed by atoms with Gasteiger partial charge in [-0.25, -0.2) is 0 Å². The van der Waals surface area contributed by atoms with Crippen molar-refractivity contribution in [3.05, 3.63) is 41.4 Å². The van der Waals surface area contributed by atoms with Gasteiger partial charge in [0.15, 0.2) is 0 Å². The second-order valence-electron chi connectivity index (χ2n) is 4.32. The molecule has 0 unspecified atom stereocenters. The van der Waals surface area contributed by atoms with Crippen LogP contribution in [0, 0.1) is 0 Å². The van der Waals surface area contributed by atoms with E-state index in [1.807, 2.05) is 12.1 Å². The van der Waals surface area contributed by atoms with Crippen molar-refractivity contribution in [1.29, 1.82) is 0 Å². The molecule has 1 N–H and O–H groups in total. The van der Waals surface area contributed by atoms with E-state index in [0.717, 1.165) is 4.47 Å². The van der Waals surface area contributed by atoms with Crippen molar-refractivity contribution in [2.24, 2.45) is 0 Å². The number of anilines is 1. The molecule has 114 valence electrons. The molecule has 0 aliphatic rings. The van der Waals surface area contributed by atoms with Gasteiger partial charge in [-0.05, 0) is 31.2 Å². The van der Waals surface area contributed by atoms with Crippen LogP contribution >= 0.6 is 15.9 Å². The molecule has 21 heavy (non-hydrogen) atoms. The summed E-state index contributed by atoms with van der Waals surface area (Å²) >= 11 is 3.33. The second-order valence-corrected chi connectivity index (χ2v) is 5.23. The van der Waals surface area contributed by atoms with Crippen LogP contribution in [0.4, 0.5) is 5.69 Å². The van der Waals surface area contributed by atoms with E-state index in [1.165, 1.54) is 0 Å². The molecule has 0 aromatic heterocycles. The van der Waals surface area contributed by atoms with Gasteiger partial charge in [0.2, 0.25) is 5.91 Å². The number of carbonyl (C=O) groups excluding carboxylic acids is 2. The lowest BCUT2D eigenvalue weighted by atomic mass is 10.3. The minimum Gasteiger partial charge on any atom is -0.465 e. The van der Waals surface area contributed by atoms with Crippen LogP contribution in [-0.4, -0.2) is 43.0 Å². The number of ether oxygens (including phenoxy) is 1. The minimum atomic E-state index is -0.351. The van der Waals surface area contributed by atoms with Crippen LogP contribution < -0.4 is 5.32 Å². The van der Waals surface area contributed by atoms with Crippen molar-refractivity contribution in [3.8, 4) is 0 Å². The molecule has 0 fully saturated rings. The molecule has 0 aliphatic heterocycles. The highest BCUT2D eigenvalue weighted by atomic mass is 79.9. The predicted molar refractivity (Wildman–Crippen MR) is 86.0 cm³/mol. The highest BCUT2D eigenvalue weighted by Crippen LogP contribution is 2.13. The van der Waals surface area contributed by atoms with Crippen molar-refractivity contribution in [2.45, 2.75) is 6.92 Å². The van der Waals surface area contributed by atoms with Gasteiger partial charge in [-0.1, -0.05) is 22.0 Å². The zero-order valence-electron chi connectivity index (χ0n) is 12.0. The second kappa shape index (κ2) is 9.31. The number of rotatable bonds is 8. The lowest BCUT2D eigenvalue weighted by Crippen LogP contribution is -2.37. The van der Waals surface area contributed by atoms with Gasteiger partial charge in [0.05, 0.1) is 19.7 Å². The third-order valence-corrected chi connectivity index (χ3v) is 3.07. The maximum atomic E-state index is 12.0. The number of hydrogen-bond acceptors (Lipinski definition) is 4. The molecule has 0 atom stereocenters. The van der Waals surface area contributed by atoms with E-state index >= 15 is 0 Å². The molecule has 1 aromatic carbocycles. The average molecular weight is 355 g/mol. The van der Waals surface area contributed by atoms with Crippen LogP contribution in [0.25, 0.3) is 0 Å². The van der Waals surface area contributed by atoms with E-state index in [1.54, 1.807) is 30.0 Å². The topological polar surface area (TPSA) is 58.6 Å². The summed E-state index contributed by atoms with van der Waals surface area (Å²) < 4.78 is 5.82. The number of benzene rings is 1. The fourth-order valence-electron chi connectivity index (χ4n) is 1.69. The standard InChI is InChI=1S/C15H19BrN2O3/c1-3-9-18(11-15(20)21-4-2)10-14(19)17-13-7-5-12(16)6-8-13/h3,5-8H,1,4,9-11H2,2H3,(H,17,19). The molecule has 1 aromatic rings. The Hall–Kier alpha value is -1.66. The number of nitrogens with one attached hydrogen (secondary N) is 1. The molecule has 0 saturated carbocycles. The zero-order valence-corrected chi connectivity index (χ0v) is 13.6. The van der Waals surface area contributed by atoms with Crippen LogP contribution in [0.1, 0.15) is 6.92 Å². The van der Waals surface area contributed by atoms with Crippen LogP contribution in [0.5, 0.6) is 0 Å². The number of nitrogens with zero attached hydrogens (tertiary/aromatic N) is 1. The number of amides is 1. The van der Waals surface area contributed by atoms with Crippen molar-refractivity contribution in [2.75, 3.05) is 31.6 Å². The zero-order chi connectivity index (χ0) is 15.7. The Morgan fingerprint density at radius 1 is 1.33 bits per heavy atom. The van der Waals surface area contributed by atoms with Gasteiger partial charge in [0.1, 0.15) is 0 Å². The fourth-order valence-corrected chi connectivity index (χ4v) is 1.96. The maximum Gasteiger partial charge on any atom is 0.320 e. The van der Waals surface area contributed by atoms with E-state index in [9.17, 15) is 9.59 Å². The predicted octanol–water partition coefficient (Wildman–Crippen LogP) is 2.44. The first kappa shape index (κ1) is 17.4. The van der Waals surface area contributed by atoms with Crippen LogP contribution in [0.3, 0.4) is 0 Å². The SMILES string of the molecule is C=CCN(CC(=O)Nc1ccc(Br)cc1)CC(=O)OCC. The monoisotopic (exact) mass is 354 g/mol. The van der Waals surface area contributed by atoms with Crippen molar-refractivity contribution < 1.29 is 14.3 Å². The lowest BCUT2D eigenvalue weighted by molar-refractivity contribution is -0.144. The molecule has 0 heterocycles. The van der Waals surface area contributed by atoms with E-state index < -0.39 is 0 Å². The molecule has 1 rings (SSSR count). The Balaban J connectivity index is 2.53. The Labute approximate surface area is 133 Å². The highest BCUT2D eigenvalue weighted by molar-refractivity contribution is 9.10. The summed E-state index contributed by atoms with van der Waals surface area (Å²) in [5, 5.41) is 2.78. The lowest BCUT2D eigenvalue weighted by Gasteiger charge is -2.19. The van der Waals surface area contributed by atoms with Gasteiger partial charge in [0.25, 0.3) is 0 Å². The summed E-state index contributed by atoms with van der Waals surface area (Å²) in [4.78, 5) is 25.1. The van der Waals surface area contributed by atoms with Crippen LogP contribution in [-0.2, 0) is 14.3 Å². The highest BCUT2D eigenvalue weighted by Gasteiger charge is 2.14. The molecule has 0 bridgehead atoms. The van der Waals surface area contributed by atoms with Gasteiger partial charge in [-0.15, -0.1) is 6.58 Å². The summed E-state index contributed by atoms with van der Waals surface area (Å²) in [5.74, 6) is -0.542. The van der Waals surface area contributed by atoms with E-state index in [-0.39, 0.29) is 25.0 Å². The first-order chi connectivity index (χ1) is 10.0. The number of halogens is 1. The quantitative estimate of drug-likeness (QED) is 0.575. The Bertz CT molecular complexity index is 488. The first-order valence-electron chi connectivity index (χ1n) is 6.59. The summed E-state index contributed by atoms with van der Waals surface area (Å²) in [6.07, 6.45) is 1.64. The number of carbonyl (C=O) groups is 2. The van der Waals surface area contributed by atoms with Crippen molar-refractivity contribution in [3.63, 3.8) is 0 Å². The molecular weight excluding hydrogens is 336 g/mol. The Morgan fingerprint density at radius 2 is 2.00 bits per heavy atom. The van der Waals surface area contributed by atoms with Crippen molar-refractivity contribution >= 4 is 33.5 Å². The molecule has 6 heteroatoms. The van der Waals surface area contributed by atoms with Gasteiger partial charge in [0, 0.05) is 16.7 Å². The first-order valence-corrected chi connectivity index (χ1v) is 7.38. The van der Waals surface area contributed by atoms with Gasteiger partial charge in [-0.2, -0.15) is 0 Å². The van der Waals surface area contributed by atoms with Gasteiger partial charge in [-0.3, -0.25) is 14.5 Å². The van der Waals surface area contributed by atoms with Crippen LogP contribution in [0.15, 0.2) is 41.4 Å². The number of hydrogen-bond donors (Lipinski definition) is 1. The van der Waals surface area contributed by atoms with E-state index in [0.29, 0.717) is 18.8 Å². The molecular formula is C15H19BrN2O3. The van der Waals surface area contributed by atoms with E-state index in [4.69, 9.17) is 4.74 Å². The molecule has 0 spiro atoms. The smallest absolute Gasteiger partial charge is 0.320 e. The van der Waals surface area contributed by atoms with Crippen LogP contribution in [0.2, 0.25) is 0 Å². The number of esters is 1. The summed E-state index contributed by atoms with van der Waals surface area (Å²) in [6.45, 7) is 6.29. The third kappa shape index (κ3) is 7.06. The normalized spacial score (nSPS) is 10.2. The maximum absolute atomic E-state index is 12.0. The fraction of sp³-hybridized carbons (Fsp3) is 0.333. The summed E-state index contributed by atoms with van der Waals surface area (Å²) in [7, 11) is 0. The summed E-state index contributed by atoms with van der Waals surface area (Å²) in [5.41, 5.74) is 0.706. The Morgan fingerprint density at radius 3 is 2.57 bits per heavy atom. The van der Waals surface area contributed by atoms with Crippen molar-refractivity contribution in [1.82, 2.24) is 4.90 Å². The van der Waals surface area contributed by atoms with Gasteiger partial charge >= 0.3 is 5.97 Å². The molecule has 0 radical (unpaired) electrons. The molecule has 0 saturated heterocycles. The molecule has 1 amide bonds. The van der Waals surface area contributed by atoms with E-state index in [2.05, 4.69) is 27.8 Å². The third-order valence-electron chi connectivity index (χ3n) is 2.54. The van der Waals surface area contributed by atoms with Gasteiger partial charge < -0.3 is 10.1 Å². The minimum absolute atomic E-state index is 0.0631. The summed E-state index contributed by atoms with van der Waals surface area (Å²) in [6, 6.07) is 7.28. The molecule has 0 aliphatic carbocycles.